The van der Waals surface area contributed by atoms with Gasteiger partial charge in [0.05, 0.1) is 0 Å². The summed E-state index contributed by atoms with van der Waals surface area (Å²) < 4.78 is 1.48. The molecule has 0 aliphatic carbocycles. The van der Waals surface area contributed by atoms with Gasteiger partial charge in [-0.1, -0.05) is 0 Å². The molecule has 0 amide bonds. The Morgan fingerprint density at radius 2 is 2.43 bits per heavy atom. The standard InChI is InChI=1S/C9H10N2O3/c1-5-2-3-7-10-4-6(9(13)14)8(12)11(5)7/h4-5H,2-3H2,1H3,(H,13,14)/t5-/m1/s1. The van der Waals surface area contributed by atoms with Crippen molar-refractivity contribution in [1.82, 2.24) is 9.55 Å². The molecule has 5 heteroatoms. The molecular formula is C9H10N2O3. The molecule has 1 aromatic heterocycles. The van der Waals surface area contributed by atoms with Gasteiger partial charge < -0.3 is 5.11 Å². The van der Waals surface area contributed by atoms with Crippen molar-refractivity contribution in [2.45, 2.75) is 25.8 Å². The fourth-order valence-electron chi connectivity index (χ4n) is 1.76. The summed E-state index contributed by atoms with van der Waals surface area (Å²) in [6.07, 6.45) is 2.75. The molecule has 0 saturated heterocycles. The molecule has 2 heterocycles. The molecule has 5 nitrogen and oxygen atoms in total. The molecule has 74 valence electrons. The number of hydrogen-bond acceptors (Lipinski definition) is 3. The summed E-state index contributed by atoms with van der Waals surface area (Å²) in [5.41, 5.74) is -0.685. The number of carbonyl (C=O) groups is 1. The van der Waals surface area contributed by atoms with Crippen molar-refractivity contribution in [3.05, 3.63) is 27.9 Å². The van der Waals surface area contributed by atoms with Crippen molar-refractivity contribution in [3.63, 3.8) is 0 Å². The molecule has 0 aromatic carbocycles. The van der Waals surface area contributed by atoms with Gasteiger partial charge in [-0.25, -0.2) is 9.78 Å². The van der Waals surface area contributed by atoms with Crippen LogP contribution in [0.2, 0.25) is 0 Å². The van der Waals surface area contributed by atoms with E-state index in [2.05, 4.69) is 4.98 Å². The van der Waals surface area contributed by atoms with Gasteiger partial charge in [-0.3, -0.25) is 9.36 Å². The van der Waals surface area contributed by atoms with E-state index >= 15 is 0 Å². The van der Waals surface area contributed by atoms with Crippen molar-refractivity contribution in [2.75, 3.05) is 0 Å². The Morgan fingerprint density at radius 1 is 1.71 bits per heavy atom. The van der Waals surface area contributed by atoms with E-state index in [1.807, 2.05) is 6.92 Å². The summed E-state index contributed by atoms with van der Waals surface area (Å²) in [5.74, 6) is -0.524. The first-order valence-corrected chi connectivity index (χ1v) is 4.45. The molecule has 1 N–H and O–H groups in total. The molecule has 14 heavy (non-hydrogen) atoms. The summed E-state index contributed by atoms with van der Waals surface area (Å²) in [4.78, 5) is 26.3. The highest BCUT2D eigenvalue weighted by atomic mass is 16.4. The number of carboxylic acids is 1. The topological polar surface area (TPSA) is 72.2 Å². The lowest BCUT2D eigenvalue weighted by molar-refractivity contribution is 0.0693. The third kappa shape index (κ3) is 1.13. The zero-order valence-electron chi connectivity index (χ0n) is 7.73. The minimum Gasteiger partial charge on any atom is -0.477 e. The van der Waals surface area contributed by atoms with Crippen molar-refractivity contribution in [1.29, 1.82) is 0 Å². The normalized spacial score (nSPS) is 19.4. The molecule has 1 aliphatic heterocycles. The Bertz CT molecular complexity index is 450. The lowest BCUT2D eigenvalue weighted by Gasteiger charge is -2.08. The quantitative estimate of drug-likeness (QED) is 0.704. The maximum absolute atomic E-state index is 11.7. The van der Waals surface area contributed by atoms with Crippen molar-refractivity contribution < 1.29 is 9.90 Å². The molecule has 1 aromatic rings. The second-order valence-electron chi connectivity index (χ2n) is 3.46. The minimum absolute atomic E-state index is 0.0595. The average Bonchev–Trinajstić information content (AvgIpc) is 2.48. The molecule has 0 saturated carbocycles. The maximum Gasteiger partial charge on any atom is 0.342 e. The van der Waals surface area contributed by atoms with Crippen LogP contribution in [0.1, 0.15) is 35.6 Å². The summed E-state index contributed by atoms with van der Waals surface area (Å²) in [6.45, 7) is 1.89. The Kier molecular flexibility index (Phi) is 1.87. The van der Waals surface area contributed by atoms with Gasteiger partial charge in [0.15, 0.2) is 0 Å². The lowest BCUT2D eigenvalue weighted by Crippen LogP contribution is -2.28. The number of nitrogens with zero attached hydrogens (tertiary/aromatic N) is 2. The summed E-state index contributed by atoms with van der Waals surface area (Å²) in [6, 6.07) is 0.0595. The van der Waals surface area contributed by atoms with Crippen LogP contribution in [0.5, 0.6) is 0 Å². The van der Waals surface area contributed by atoms with Gasteiger partial charge in [0.1, 0.15) is 11.4 Å². The minimum atomic E-state index is -1.21. The Labute approximate surface area is 80.0 Å². The number of hydrogen-bond donors (Lipinski definition) is 1. The van der Waals surface area contributed by atoms with Gasteiger partial charge in [0.2, 0.25) is 0 Å². The van der Waals surface area contributed by atoms with Crippen LogP contribution in [-0.4, -0.2) is 20.6 Å². The molecule has 0 fully saturated rings. The van der Waals surface area contributed by atoms with E-state index in [1.165, 1.54) is 4.57 Å². The molecule has 2 rings (SSSR count). The van der Waals surface area contributed by atoms with Crippen molar-refractivity contribution in [3.8, 4) is 0 Å². The fraction of sp³-hybridized carbons (Fsp3) is 0.444. The van der Waals surface area contributed by atoms with Gasteiger partial charge in [-0.2, -0.15) is 0 Å². The summed E-state index contributed by atoms with van der Waals surface area (Å²) in [5, 5.41) is 8.73. The number of fused-ring (bicyclic) bond motifs is 1. The highest BCUT2D eigenvalue weighted by Gasteiger charge is 2.23. The third-order valence-corrected chi connectivity index (χ3v) is 2.53. The van der Waals surface area contributed by atoms with Gasteiger partial charge in [-0.05, 0) is 13.3 Å². The summed E-state index contributed by atoms with van der Waals surface area (Å²) >= 11 is 0. The molecule has 0 radical (unpaired) electrons. The first kappa shape index (κ1) is 8.93. The summed E-state index contributed by atoms with van der Waals surface area (Å²) in [7, 11) is 0. The SMILES string of the molecule is C[C@@H]1CCc2ncc(C(=O)O)c(=O)n21. The molecular weight excluding hydrogens is 184 g/mol. The highest BCUT2D eigenvalue weighted by molar-refractivity contribution is 5.86. The van der Waals surface area contributed by atoms with Crippen LogP contribution < -0.4 is 5.56 Å². The van der Waals surface area contributed by atoms with Gasteiger partial charge in [-0.15, -0.1) is 0 Å². The average molecular weight is 194 g/mol. The van der Waals surface area contributed by atoms with Gasteiger partial charge in [0, 0.05) is 18.7 Å². The largest absolute Gasteiger partial charge is 0.477 e. The van der Waals surface area contributed by atoms with Crippen LogP contribution in [0.25, 0.3) is 0 Å². The second-order valence-corrected chi connectivity index (χ2v) is 3.46. The number of carboxylic acid groups (broad SMARTS) is 1. The van der Waals surface area contributed by atoms with Crippen LogP contribution in [0.3, 0.4) is 0 Å². The smallest absolute Gasteiger partial charge is 0.342 e. The highest BCUT2D eigenvalue weighted by Crippen LogP contribution is 2.20. The number of aryl methyl sites for hydroxylation is 1. The van der Waals surface area contributed by atoms with Crippen LogP contribution in [0.4, 0.5) is 0 Å². The van der Waals surface area contributed by atoms with Crippen LogP contribution in [0.15, 0.2) is 11.0 Å². The van der Waals surface area contributed by atoms with E-state index in [4.69, 9.17) is 5.11 Å². The first-order chi connectivity index (χ1) is 6.61. The third-order valence-electron chi connectivity index (χ3n) is 2.53. The lowest BCUT2D eigenvalue weighted by atomic mass is 10.2. The molecule has 0 unspecified atom stereocenters. The maximum atomic E-state index is 11.7. The van der Waals surface area contributed by atoms with E-state index in [1.54, 1.807) is 0 Å². The van der Waals surface area contributed by atoms with Gasteiger partial charge in [0.25, 0.3) is 5.56 Å². The second kappa shape index (κ2) is 2.94. The predicted octanol–water partition coefficient (Wildman–Crippen LogP) is 0.449. The van der Waals surface area contributed by atoms with Crippen LogP contribution in [0, 0.1) is 0 Å². The Hall–Kier alpha value is -1.65. The number of aromatic carboxylic acids is 1. The van der Waals surface area contributed by atoms with Crippen LogP contribution >= 0.6 is 0 Å². The van der Waals surface area contributed by atoms with Gasteiger partial charge >= 0.3 is 5.97 Å². The van der Waals surface area contributed by atoms with Crippen LogP contribution in [-0.2, 0) is 6.42 Å². The zero-order chi connectivity index (χ0) is 10.3. The monoisotopic (exact) mass is 194 g/mol. The van der Waals surface area contributed by atoms with E-state index < -0.39 is 11.5 Å². The van der Waals surface area contributed by atoms with E-state index in [0.29, 0.717) is 5.82 Å². The van der Waals surface area contributed by atoms with E-state index in [0.717, 1.165) is 19.0 Å². The predicted molar refractivity (Wildman–Crippen MR) is 48.5 cm³/mol. The number of aromatic nitrogens is 2. The Morgan fingerprint density at radius 3 is 3.07 bits per heavy atom. The molecule has 1 aliphatic rings. The van der Waals surface area contributed by atoms with E-state index in [-0.39, 0.29) is 11.6 Å². The van der Waals surface area contributed by atoms with E-state index in [9.17, 15) is 9.59 Å². The molecule has 1 atom stereocenters. The van der Waals surface area contributed by atoms with Crippen molar-refractivity contribution >= 4 is 5.97 Å². The first-order valence-electron chi connectivity index (χ1n) is 4.45. The Balaban J connectivity index is 2.68. The zero-order valence-corrected chi connectivity index (χ0v) is 7.73. The molecule has 0 bridgehead atoms. The molecule has 0 spiro atoms. The van der Waals surface area contributed by atoms with Crippen molar-refractivity contribution in [2.24, 2.45) is 0 Å². The number of rotatable bonds is 1. The fourth-order valence-corrected chi connectivity index (χ4v) is 1.76.